The summed E-state index contributed by atoms with van der Waals surface area (Å²) in [6.07, 6.45) is 0. The number of nitrogens with two attached hydrogens (primary N) is 1. The molecule has 0 saturated heterocycles. The van der Waals surface area contributed by atoms with Crippen molar-refractivity contribution in [3.05, 3.63) is 65.2 Å². The van der Waals surface area contributed by atoms with Crippen molar-refractivity contribution in [1.29, 1.82) is 0 Å². The summed E-state index contributed by atoms with van der Waals surface area (Å²) in [5.41, 5.74) is 7.49. The minimum atomic E-state index is -0.335. The number of hydrogen-bond donors (Lipinski definition) is 1. The van der Waals surface area contributed by atoms with Gasteiger partial charge in [0.05, 0.1) is 0 Å². The van der Waals surface area contributed by atoms with Crippen LogP contribution in [0.2, 0.25) is 0 Å². The molecule has 0 amide bonds. The fourth-order valence-electron chi connectivity index (χ4n) is 1.94. The third-order valence-electron chi connectivity index (χ3n) is 2.98. The molecule has 0 aliphatic rings. The highest BCUT2D eigenvalue weighted by Crippen LogP contribution is 2.20. The third-order valence-corrected chi connectivity index (χ3v) is 2.98. The van der Waals surface area contributed by atoms with Crippen molar-refractivity contribution in [2.75, 3.05) is 11.9 Å². The van der Waals surface area contributed by atoms with Gasteiger partial charge in [-0.15, -0.1) is 0 Å². The van der Waals surface area contributed by atoms with E-state index in [-0.39, 0.29) is 18.2 Å². The predicted octanol–water partition coefficient (Wildman–Crippen LogP) is 3.06. The highest BCUT2D eigenvalue weighted by atomic mass is 19.1. The van der Waals surface area contributed by atoms with E-state index in [0.29, 0.717) is 17.8 Å². The second-order valence-electron chi connectivity index (χ2n) is 4.47. The molecule has 2 N–H and O–H groups in total. The molecule has 0 fully saturated rings. The van der Waals surface area contributed by atoms with Crippen molar-refractivity contribution in [2.45, 2.75) is 13.1 Å². The number of rotatable bonds is 4. The lowest BCUT2D eigenvalue weighted by Gasteiger charge is -2.20. The Morgan fingerprint density at radius 3 is 2.53 bits per heavy atom. The fourth-order valence-corrected chi connectivity index (χ4v) is 1.94. The molecule has 0 heterocycles. The zero-order chi connectivity index (χ0) is 13.8. The van der Waals surface area contributed by atoms with Gasteiger partial charge in [-0.05, 0) is 29.8 Å². The lowest BCUT2D eigenvalue weighted by Crippen LogP contribution is -2.18. The van der Waals surface area contributed by atoms with E-state index in [1.165, 1.54) is 18.2 Å². The van der Waals surface area contributed by atoms with Gasteiger partial charge in [0.1, 0.15) is 11.6 Å². The lowest BCUT2D eigenvalue weighted by atomic mass is 10.1. The van der Waals surface area contributed by atoms with Crippen LogP contribution in [-0.2, 0) is 13.1 Å². The van der Waals surface area contributed by atoms with E-state index in [2.05, 4.69) is 0 Å². The average molecular weight is 262 g/mol. The largest absolute Gasteiger partial charge is 0.370 e. The molecule has 2 aromatic carbocycles. The quantitative estimate of drug-likeness (QED) is 0.917. The van der Waals surface area contributed by atoms with Crippen LogP contribution in [0, 0.1) is 11.6 Å². The van der Waals surface area contributed by atoms with Crippen LogP contribution in [0.15, 0.2) is 42.5 Å². The SMILES string of the molecule is CN(Cc1ccccc1F)c1cc(F)cc(CN)c1. The fraction of sp³-hybridized carbons (Fsp3) is 0.200. The maximum absolute atomic E-state index is 13.6. The van der Waals surface area contributed by atoms with Crippen molar-refractivity contribution in [3.63, 3.8) is 0 Å². The Hall–Kier alpha value is -1.94. The molecule has 2 aromatic rings. The van der Waals surface area contributed by atoms with Crippen LogP contribution in [0.1, 0.15) is 11.1 Å². The molecule has 0 radical (unpaired) electrons. The first-order chi connectivity index (χ1) is 9.10. The van der Waals surface area contributed by atoms with Gasteiger partial charge in [-0.3, -0.25) is 0 Å². The van der Waals surface area contributed by atoms with Gasteiger partial charge < -0.3 is 10.6 Å². The first kappa shape index (κ1) is 13.5. The van der Waals surface area contributed by atoms with Crippen molar-refractivity contribution in [3.8, 4) is 0 Å². The first-order valence-electron chi connectivity index (χ1n) is 6.04. The number of nitrogens with zero attached hydrogens (tertiary/aromatic N) is 1. The van der Waals surface area contributed by atoms with Crippen LogP contribution in [0.4, 0.5) is 14.5 Å². The summed E-state index contributed by atoms with van der Waals surface area (Å²) in [5.74, 6) is -0.594. The predicted molar refractivity (Wildman–Crippen MR) is 72.8 cm³/mol. The van der Waals surface area contributed by atoms with E-state index in [1.807, 2.05) is 6.07 Å². The number of anilines is 1. The smallest absolute Gasteiger partial charge is 0.128 e. The first-order valence-corrected chi connectivity index (χ1v) is 6.04. The summed E-state index contributed by atoms with van der Waals surface area (Å²) < 4.78 is 27.0. The summed E-state index contributed by atoms with van der Waals surface area (Å²) >= 11 is 0. The standard InChI is InChI=1S/C15H16F2N2/c1-19(10-12-4-2-3-5-15(12)17)14-7-11(9-18)6-13(16)8-14/h2-8H,9-10,18H2,1H3. The molecule has 0 aliphatic carbocycles. The molecule has 0 unspecified atom stereocenters. The maximum atomic E-state index is 13.6. The average Bonchev–Trinajstić information content (AvgIpc) is 2.40. The topological polar surface area (TPSA) is 29.3 Å². The van der Waals surface area contributed by atoms with Crippen molar-refractivity contribution in [1.82, 2.24) is 0 Å². The van der Waals surface area contributed by atoms with Crippen LogP contribution in [-0.4, -0.2) is 7.05 Å². The van der Waals surface area contributed by atoms with Gasteiger partial charge in [0.25, 0.3) is 0 Å². The van der Waals surface area contributed by atoms with Crippen molar-refractivity contribution >= 4 is 5.69 Å². The molecule has 0 spiro atoms. The van der Waals surface area contributed by atoms with E-state index in [1.54, 1.807) is 30.1 Å². The van der Waals surface area contributed by atoms with Crippen molar-refractivity contribution < 1.29 is 8.78 Å². The van der Waals surface area contributed by atoms with Gasteiger partial charge in [-0.25, -0.2) is 8.78 Å². The van der Waals surface area contributed by atoms with Crippen molar-refractivity contribution in [2.24, 2.45) is 5.73 Å². The molecule has 0 aliphatic heterocycles. The molecule has 0 atom stereocenters. The number of halogens is 2. The maximum Gasteiger partial charge on any atom is 0.128 e. The molecule has 0 bridgehead atoms. The molecule has 0 aromatic heterocycles. The van der Waals surface area contributed by atoms with E-state index >= 15 is 0 Å². The highest BCUT2D eigenvalue weighted by Gasteiger charge is 2.08. The number of hydrogen-bond acceptors (Lipinski definition) is 2. The molecule has 100 valence electrons. The van der Waals surface area contributed by atoms with Crippen LogP contribution >= 0.6 is 0 Å². The molecule has 19 heavy (non-hydrogen) atoms. The Balaban J connectivity index is 2.22. The lowest BCUT2D eigenvalue weighted by molar-refractivity contribution is 0.607. The van der Waals surface area contributed by atoms with Gasteiger partial charge >= 0.3 is 0 Å². The Labute approximate surface area is 111 Å². The van der Waals surface area contributed by atoms with Crippen LogP contribution in [0.25, 0.3) is 0 Å². The summed E-state index contributed by atoms with van der Waals surface area (Å²) in [5, 5.41) is 0. The number of benzene rings is 2. The summed E-state index contributed by atoms with van der Waals surface area (Å²) in [4.78, 5) is 1.79. The van der Waals surface area contributed by atoms with E-state index < -0.39 is 0 Å². The normalized spacial score (nSPS) is 10.5. The molecule has 4 heteroatoms. The Kier molecular flexibility index (Phi) is 4.12. The molecule has 2 nitrogen and oxygen atoms in total. The minimum absolute atomic E-state index is 0.259. The zero-order valence-corrected chi connectivity index (χ0v) is 10.7. The Morgan fingerprint density at radius 2 is 1.84 bits per heavy atom. The van der Waals surface area contributed by atoms with Gasteiger partial charge in [-0.2, -0.15) is 0 Å². The summed E-state index contributed by atoms with van der Waals surface area (Å²) in [6, 6.07) is 11.2. The van der Waals surface area contributed by atoms with Gasteiger partial charge in [0, 0.05) is 31.4 Å². The highest BCUT2D eigenvalue weighted by molar-refractivity contribution is 5.49. The Bertz CT molecular complexity index is 570. The second kappa shape index (κ2) is 5.80. The van der Waals surface area contributed by atoms with Crippen LogP contribution < -0.4 is 10.6 Å². The molecule has 0 saturated carbocycles. The van der Waals surface area contributed by atoms with Crippen LogP contribution in [0.3, 0.4) is 0 Å². The monoisotopic (exact) mass is 262 g/mol. The van der Waals surface area contributed by atoms with E-state index in [4.69, 9.17) is 5.73 Å². The third kappa shape index (κ3) is 3.29. The molecular formula is C15H16F2N2. The van der Waals surface area contributed by atoms with E-state index in [9.17, 15) is 8.78 Å². The second-order valence-corrected chi connectivity index (χ2v) is 4.47. The minimum Gasteiger partial charge on any atom is -0.370 e. The Morgan fingerprint density at radius 1 is 1.11 bits per heavy atom. The summed E-state index contributed by atoms with van der Waals surface area (Å²) in [7, 11) is 1.79. The van der Waals surface area contributed by atoms with Gasteiger partial charge in [0.2, 0.25) is 0 Å². The summed E-state index contributed by atoms with van der Waals surface area (Å²) in [6.45, 7) is 0.651. The van der Waals surface area contributed by atoms with Gasteiger partial charge in [-0.1, -0.05) is 18.2 Å². The van der Waals surface area contributed by atoms with E-state index in [0.717, 1.165) is 5.56 Å². The molecular weight excluding hydrogens is 246 g/mol. The molecule has 2 rings (SSSR count). The van der Waals surface area contributed by atoms with Gasteiger partial charge in [0.15, 0.2) is 0 Å². The van der Waals surface area contributed by atoms with Crippen LogP contribution in [0.5, 0.6) is 0 Å². The zero-order valence-electron chi connectivity index (χ0n) is 10.7.